The molecular formula is C28H42O3. The smallest absolute Gasteiger partial charge is 0.147 e. The van der Waals surface area contributed by atoms with E-state index >= 15 is 0 Å². The number of aliphatic hydroxyl groups excluding tert-OH is 1. The van der Waals surface area contributed by atoms with Gasteiger partial charge in [-0.2, -0.15) is 0 Å². The molecule has 0 unspecified atom stereocenters. The molecule has 31 heavy (non-hydrogen) atoms. The summed E-state index contributed by atoms with van der Waals surface area (Å²) in [4.78, 5) is 12.6. The van der Waals surface area contributed by atoms with Crippen molar-refractivity contribution in [2.45, 2.75) is 97.4 Å². The Kier molecular flexibility index (Phi) is 4.98. The van der Waals surface area contributed by atoms with Crippen LogP contribution in [0.1, 0.15) is 80.1 Å². The predicted molar refractivity (Wildman–Crippen MR) is 124 cm³/mol. The van der Waals surface area contributed by atoms with Crippen molar-refractivity contribution in [1.82, 2.24) is 0 Å². The first kappa shape index (κ1) is 21.9. The second-order valence-corrected chi connectivity index (χ2v) is 12.3. The van der Waals surface area contributed by atoms with Gasteiger partial charge in [-0.1, -0.05) is 59.8 Å². The molecule has 2 saturated carbocycles. The first-order chi connectivity index (χ1) is 14.6. The van der Waals surface area contributed by atoms with E-state index in [0.29, 0.717) is 36.0 Å². The number of fused-ring (bicyclic) bond motifs is 2. The van der Waals surface area contributed by atoms with E-state index in [9.17, 15) is 5.11 Å². The van der Waals surface area contributed by atoms with Gasteiger partial charge < -0.3 is 5.11 Å². The van der Waals surface area contributed by atoms with E-state index in [1.165, 1.54) is 18.4 Å². The van der Waals surface area contributed by atoms with Crippen LogP contribution in [0.15, 0.2) is 36.0 Å². The van der Waals surface area contributed by atoms with Crippen LogP contribution in [0.5, 0.6) is 0 Å². The van der Waals surface area contributed by atoms with Crippen molar-refractivity contribution in [1.29, 1.82) is 0 Å². The van der Waals surface area contributed by atoms with E-state index in [2.05, 4.69) is 71.9 Å². The minimum Gasteiger partial charge on any atom is -0.393 e. The highest BCUT2D eigenvalue weighted by molar-refractivity contribution is 5.48. The van der Waals surface area contributed by atoms with E-state index in [0.717, 1.165) is 19.3 Å². The van der Waals surface area contributed by atoms with Gasteiger partial charge in [-0.3, -0.25) is 0 Å². The van der Waals surface area contributed by atoms with Gasteiger partial charge in [0.25, 0.3) is 0 Å². The number of aliphatic hydroxyl groups is 1. The summed E-state index contributed by atoms with van der Waals surface area (Å²) in [5.41, 5.74) is 0.656. The lowest BCUT2D eigenvalue weighted by Crippen LogP contribution is -2.69. The molecule has 4 aliphatic carbocycles. The second-order valence-electron chi connectivity index (χ2n) is 12.3. The Morgan fingerprint density at radius 3 is 2.48 bits per heavy atom. The van der Waals surface area contributed by atoms with Crippen LogP contribution < -0.4 is 0 Å². The molecule has 2 spiro atoms. The Morgan fingerprint density at radius 1 is 1.03 bits per heavy atom. The first-order valence-electron chi connectivity index (χ1n) is 12.7. The van der Waals surface area contributed by atoms with Gasteiger partial charge in [0.1, 0.15) is 11.2 Å². The highest BCUT2D eigenvalue weighted by Gasteiger charge is 2.71. The molecule has 1 saturated heterocycles. The lowest BCUT2D eigenvalue weighted by molar-refractivity contribution is -0.455. The van der Waals surface area contributed by atoms with Crippen LogP contribution in [-0.2, 0) is 9.78 Å². The Hall–Kier alpha value is -0.900. The fourth-order valence-electron chi connectivity index (χ4n) is 8.01. The van der Waals surface area contributed by atoms with Crippen molar-refractivity contribution in [3.63, 3.8) is 0 Å². The average molecular weight is 427 g/mol. The number of allylic oxidation sites excluding steroid dienone is 3. The highest BCUT2D eigenvalue weighted by atomic mass is 17.2. The van der Waals surface area contributed by atoms with Gasteiger partial charge >= 0.3 is 0 Å². The maximum absolute atomic E-state index is 10.4. The molecule has 2 heterocycles. The zero-order valence-corrected chi connectivity index (χ0v) is 20.4. The van der Waals surface area contributed by atoms with Crippen molar-refractivity contribution in [3.8, 4) is 0 Å². The van der Waals surface area contributed by atoms with Crippen LogP contribution >= 0.6 is 0 Å². The molecule has 1 N–H and O–H groups in total. The van der Waals surface area contributed by atoms with Gasteiger partial charge in [0.15, 0.2) is 0 Å². The van der Waals surface area contributed by atoms with Crippen molar-refractivity contribution >= 4 is 0 Å². The Balaban J connectivity index is 1.48. The molecule has 6 rings (SSSR count). The van der Waals surface area contributed by atoms with Crippen LogP contribution in [0.2, 0.25) is 0 Å². The van der Waals surface area contributed by atoms with Crippen LogP contribution in [0.3, 0.4) is 0 Å². The average Bonchev–Trinajstić information content (AvgIpc) is 3.09. The third-order valence-corrected chi connectivity index (χ3v) is 10.5. The lowest BCUT2D eigenvalue weighted by Gasteiger charge is -2.66. The molecule has 3 nitrogen and oxygen atoms in total. The topological polar surface area (TPSA) is 38.7 Å². The third kappa shape index (κ3) is 2.82. The summed E-state index contributed by atoms with van der Waals surface area (Å²) < 4.78 is 0. The second kappa shape index (κ2) is 7.05. The van der Waals surface area contributed by atoms with E-state index < -0.39 is 11.2 Å². The van der Waals surface area contributed by atoms with E-state index in [-0.39, 0.29) is 16.9 Å². The van der Waals surface area contributed by atoms with Crippen molar-refractivity contribution in [2.24, 2.45) is 40.4 Å². The normalized spacial score (nSPS) is 50.2. The summed E-state index contributed by atoms with van der Waals surface area (Å²) in [6, 6.07) is 0. The van der Waals surface area contributed by atoms with E-state index in [1.807, 2.05) is 0 Å². The largest absolute Gasteiger partial charge is 0.393 e. The van der Waals surface area contributed by atoms with Gasteiger partial charge in [0, 0.05) is 17.8 Å². The SMILES string of the molecule is CC(C)[C@@H](C)C=C[C@@H](C)[C@H]1CC[C@@H]2[C@]1(C)CC=C1[C@]23C=C[C@]2(C[C@H](O)CC[C@]12C)OO3. The third-order valence-electron chi connectivity index (χ3n) is 10.5. The molecule has 172 valence electrons. The van der Waals surface area contributed by atoms with E-state index in [1.54, 1.807) is 0 Å². The van der Waals surface area contributed by atoms with Crippen LogP contribution in [0, 0.1) is 40.4 Å². The predicted octanol–water partition coefficient (Wildman–Crippen LogP) is 6.39. The number of hydrogen-bond donors (Lipinski definition) is 1. The number of hydrogen-bond acceptors (Lipinski definition) is 3. The van der Waals surface area contributed by atoms with Gasteiger partial charge in [0.2, 0.25) is 0 Å². The molecule has 0 aromatic rings. The summed E-state index contributed by atoms with van der Waals surface area (Å²) in [7, 11) is 0. The molecule has 0 radical (unpaired) electrons. The van der Waals surface area contributed by atoms with E-state index in [4.69, 9.17) is 9.78 Å². The molecule has 9 atom stereocenters. The molecular weight excluding hydrogens is 384 g/mol. The fraction of sp³-hybridized carbons (Fsp3) is 0.786. The fourth-order valence-corrected chi connectivity index (χ4v) is 8.01. The van der Waals surface area contributed by atoms with Crippen molar-refractivity contribution < 1.29 is 14.9 Å². The lowest BCUT2D eigenvalue weighted by atomic mass is 9.47. The van der Waals surface area contributed by atoms with Gasteiger partial charge in [0.05, 0.1) is 6.10 Å². The zero-order chi connectivity index (χ0) is 22.2. The first-order valence-corrected chi connectivity index (χ1v) is 12.7. The zero-order valence-electron chi connectivity index (χ0n) is 20.4. The summed E-state index contributed by atoms with van der Waals surface area (Å²) >= 11 is 0. The summed E-state index contributed by atoms with van der Waals surface area (Å²) in [5.74, 6) is 2.98. The summed E-state index contributed by atoms with van der Waals surface area (Å²) in [6.45, 7) is 14.2. The number of rotatable bonds is 4. The maximum atomic E-state index is 10.4. The highest BCUT2D eigenvalue weighted by Crippen LogP contribution is 2.71. The Morgan fingerprint density at radius 2 is 1.81 bits per heavy atom. The van der Waals surface area contributed by atoms with Crippen molar-refractivity contribution in [2.75, 3.05) is 0 Å². The molecule has 0 amide bonds. The van der Waals surface area contributed by atoms with Crippen molar-refractivity contribution in [3.05, 3.63) is 36.0 Å². The molecule has 6 aliphatic rings. The van der Waals surface area contributed by atoms with Gasteiger partial charge in [-0.15, -0.1) is 0 Å². The molecule has 3 fully saturated rings. The maximum Gasteiger partial charge on any atom is 0.147 e. The molecule has 2 aliphatic heterocycles. The standard InChI is InChI=1S/C28H42O3/c1-18(2)19(3)7-8-20(4)22-9-10-23-25(22,5)13-12-24-26(6)14-11-21(29)17-27(26)15-16-28(23,24)31-30-27/h7-8,12,15-16,18-23,29H,9-11,13-14,17H2,1-6H3/t19-,20+,21+,22+,23+,25+,26+,27+,28-/m0/s1. The van der Waals surface area contributed by atoms with Crippen LogP contribution in [0.4, 0.5) is 0 Å². The summed E-state index contributed by atoms with van der Waals surface area (Å²) in [6.07, 6.45) is 17.8. The molecule has 0 aromatic carbocycles. The quantitative estimate of drug-likeness (QED) is 0.418. The summed E-state index contributed by atoms with van der Waals surface area (Å²) in [5, 5.41) is 10.4. The van der Waals surface area contributed by atoms with Gasteiger partial charge in [-0.25, -0.2) is 9.78 Å². The Labute approximate surface area is 188 Å². The van der Waals surface area contributed by atoms with Gasteiger partial charge in [-0.05, 0) is 78.9 Å². The molecule has 3 heteroatoms. The minimum atomic E-state index is -0.507. The van der Waals surface area contributed by atoms with Crippen LogP contribution in [-0.4, -0.2) is 22.4 Å². The molecule has 2 bridgehead atoms. The molecule has 0 aromatic heterocycles. The monoisotopic (exact) mass is 426 g/mol. The Bertz CT molecular complexity index is 826. The van der Waals surface area contributed by atoms with Crippen LogP contribution in [0.25, 0.3) is 0 Å². The minimum absolute atomic E-state index is 0.0726.